The summed E-state index contributed by atoms with van der Waals surface area (Å²) in [6.07, 6.45) is 5.03. The summed E-state index contributed by atoms with van der Waals surface area (Å²) in [6.45, 7) is 3.51. The molecule has 0 spiro atoms. The Hall–Kier alpha value is -0.770. The molecular weight excluding hydrogens is 200 g/mol. The van der Waals surface area contributed by atoms with E-state index < -0.39 is 0 Å². The van der Waals surface area contributed by atoms with Crippen molar-refractivity contribution in [2.45, 2.75) is 31.7 Å². The zero-order valence-electron chi connectivity index (χ0n) is 10.5. The van der Waals surface area contributed by atoms with Crippen molar-refractivity contribution in [2.24, 2.45) is 16.6 Å². The van der Waals surface area contributed by atoms with Crippen LogP contribution in [-0.4, -0.2) is 55.5 Å². The highest BCUT2D eigenvalue weighted by Gasteiger charge is 2.22. The molecule has 1 heterocycles. The van der Waals surface area contributed by atoms with Crippen molar-refractivity contribution in [1.82, 2.24) is 9.80 Å². The smallest absolute Gasteiger partial charge is 0.191 e. The van der Waals surface area contributed by atoms with Crippen molar-refractivity contribution in [3.63, 3.8) is 0 Å². The topological polar surface area (TPSA) is 44.9 Å². The van der Waals surface area contributed by atoms with E-state index in [1.807, 2.05) is 0 Å². The third-order valence-corrected chi connectivity index (χ3v) is 3.62. The molecule has 4 heteroatoms. The average Bonchev–Trinajstić information content (AvgIpc) is 3.05. The van der Waals surface area contributed by atoms with Crippen LogP contribution in [0.1, 0.15) is 25.7 Å². The monoisotopic (exact) mass is 224 g/mol. The second-order valence-electron chi connectivity index (χ2n) is 5.35. The summed E-state index contributed by atoms with van der Waals surface area (Å²) in [7, 11) is 4.27. The van der Waals surface area contributed by atoms with E-state index >= 15 is 0 Å². The molecule has 1 aliphatic carbocycles. The standard InChI is InChI=1S/C12H24N4/c1-15-7-5-10(6-8-15)9-16(2)12(13)14-11-3-4-11/h10-11H,3-9H2,1-2H3,(H2,13,14). The van der Waals surface area contributed by atoms with Gasteiger partial charge in [0.2, 0.25) is 0 Å². The Morgan fingerprint density at radius 1 is 1.31 bits per heavy atom. The number of piperidine rings is 1. The first-order valence-corrected chi connectivity index (χ1v) is 6.38. The van der Waals surface area contributed by atoms with Gasteiger partial charge in [-0.25, -0.2) is 4.99 Å². The summed E-state index contributed by atoms with van der Waals surface area (Å²) in [6, 6.07) is 0.528. The molecule has 92 valence electrons. The average molecular weight is 224 g/mol. The molecule has 2 fully saturated rings. The van der Waals surface area contributed by atoms with Gasteiger partial charge < -0.3 is 15.5 Å². The Bertz CT molecular complexity index is 252. The Morgan fingerprint density at radius 3 is 2.50 bits per heavy atom. The Balaban J connectivity index is 1.75. The van der Waals surface area contributed by atoms with Crippen molar-refractivity contribution >= 4 is 5.96 Å². The van der Waals surface area contributed by atoms with Crippen LogP contribution in [0.15, 0.2) is 4.99 Å². The lowest BCUT2D eigenvalue weighted by Gasteiger charge is -2.32. The van der Waals surface area contributed by atoms with Crippen LogP contribution in [0.4, 0.5) is 0 Å². The fraction of sp³-hybridized carbons (Fsp3) is 0.917. The maximum Gasteiger partial charge on any atom is 0.191 e. The van der Waals surface area contributed by atoms with Crippen LogP contribution < -0.4 is 5.73 Å². The number of hydrogen-bond donors (Lipinski definition) is 1. The summed E-state index contributed by atoms with van der Waals surface area (Å²) < 4.78 is 0. The van der Waals surface area contributed by atoms with Crippen LogP contribution in [0.2, 0.25) is 0 Å². The maximum atomic E-state index is 5.97. The molecular formula is C12H24N4. The first-order valence-electron chi connectivity index (χ1n) is 6.38. The minimum Gasteiger partial charge on any atom is -0.370 e. The minimum atomic E-state index is 0.528. The zero-order valence-corrected chi connectivity index (χ0v) is 10.5. The van der Waals surface area contributed by atoms with Gasteiger partial charge in [-0.1, -0.05) is 0 Å². The number of rotatable bonds is 3. The van der Waals surface area contributed by atoms with Crippen LogP contribution in [0, 0.1) is 5.92 Å². The Labute approximate surface area is 98.5 Å². The molecule has 2 aliphatic rings. The second kappa shape index (κ2) is 5.04. The van der Waals surface area contributed by atoms with Crippen molar-refractivity contribution in [3.8, 4) is 0 Å². The van der Waals surface area contributed by atoms with Gasteiger partial charge in [0.05, 0.1) is 6.04 Å². The predicted octanol–water partition coefficient (Wildman–Crippen LogP) is 0.737. The fourth-order valence-corrected chi connectivity index (χ4v) is 2.21. The molecule has 0 unspecified atom stereocenters. The van der Waals surface area contributed by atoms with Crippen molar-refractivity contribution < 1.29 is 0 Å². The second-order valence-corrected chi connectivity index (χ2v) is 5.35. The molecule has 1 saturated heterocycles. The van der Waals surface area contributed by atoms with Crippen molar-refractivity contribution in [3.05, 3.63) is 0 Å². The highest BCUT2D eigenvalue weighted by molar-refractivity contribution is 5.78. The number of nitrogens with zero attached hydrogens (tertiary/aromatic N) is 3. The maximum absolute atomic E-state index is 5.97. The summed E-state index contributed by atoms with van der Waals surface area (Å²) in [5.74, 6) is 1.52. The third kappa shape index (κ3) is 3.37. The number of aliphatic imine (C=N–C) groups is 1. The zero-order chi connectivity index (χ0) is 11.5. The molecule has 1 aliphatic heterocycles. The van der Waals surface area contributed by atoms with Gasteiger partial charge in [-0.3, -0.25) is 0 Å². The van der Waals surface area contributed by atoms with Gasteiger partial charge in [0.25, 0.3) is 0 Å². The minimum absolute atomic E-state index is 0.528. The van der Waals surface area contributed by atoms with E-state index in [1.165, 1.54) is 38.8 Å². The normalized spacial score (nSPS) is 24.8. The largest absolute Gasteiger partial charge is 0.370 e. The molecule has 0 aromatic carbocycles. The van der Waals surface area contributed by atoms with E-state index in [-0.39, 0.29) is 0 Å². The summed E-state index contributed by atoms with van der Waals surface area (Å²) in [5, 5.41) is 0. The summed E-state index contributed by atoms with van der Waals surface area (Å²) in [4.78, 5) is 9.01. The van der Waals surface area contributed by atoms with E-state index in [9.17, 15) is 0 Å². The molecule has 4 nitrogen and oxygen atoms in total. The SMILES string of the molecule is CN1CCC(CN(C)C(N)=NC2CC2)CC1. The molecule has 0 aromatic heterocycles. The molecule has 0 aromatic rings. The highest BCUT2D eigenvalue weighted by Crippen LogP contribution is 2.23. The lowest BCUT2D eigenvalue weighted by atomic mass is 9.97. The van der Waals surface area contributed by atoms with E-state index in [1.54, 1.807) is 0 Å². The van der Waals surface area contributed by atoms with E-state index in [0.717, 1.165) is 18.4 Å². The van der Waals surface area contributed by atoms with Crippen molar-refractivity contribution in [1.29, 1.82) is 0 Å². The molecule has 2 rings (SSSR count). The number of nitrogens with two attached hydrogens (primary N) is 1. The number of guanidine groups is 1. The first kappa shape index (κ1) is 11.7. The van der Waals surface area contributed by atoms with Gasteiger partial charge in [-0.2, -0.15) is 0 Å². The van der Waals surface area contributed by atoms with Gasteiger partial charge >= 0.3 is 0 Å². The van der Waals surface area contributed by atoms with E-state index in [0.29, 0.717) is 6.04 Å². The van der Waals surface area contributed by atoms with E-state index in [2.05, 4.69) is 28.9 Å². The number of likely N-dealkylation sites (tertiary alicyclic amines) is 1. The fourth-order valence-electron chi connectivity index (χ4n) is 2.21. The van der Waals surface area contributed by atoms with Crippen LogP contribution in [-0.2, 0) is 0 Å². The van der Waals surface area contributed by atoms with Crippen LogP contribution in [0.3, 0.4) is 0 Å². The Kier molecular flexibility index (Phi) is 3.69. The van der Waals surface area contributed by atoms with Crippen LogP contribution >= 0.6 is 0 Å². The Morgan fingerprint density at radius 2 is 1.94 bits per heavy atom. The molecule has 2 N–H and O–H groups in total. The number of hydrogen-bond acceptors (Lipinski definition) is 2. The van der Waals surface area contributed by atoms with Gasteiger partial charge in [0.15, 0.2) is 5.96 Å². The molecule has 0 radical (unpaired) electrons. The molecule has 1 saturated carbocycles. The van der Waals surface area contributed by atoms with E-state index in [4.69, 9.17) is 5.73 Å². The van der Waals surface area contributed by atoms with Gasteiger partial charge in [-0.05, 0) is 51.7 Å². The first-order chi connectivity index (χ1) is 7.65. The molecule has 0 bridgehead atoms. The van der Waals surface area contributed by atoms with Gasteiger partial charge in [0.1, 0.15) is 0 Å². The summed E-state index contributed by atoms with van der Waals surface area (Å²) in [5.41, 5.74) is 5.97. The molecule has 0 atom stereocenters. The lowest BCUT2D eigenvalue weighted by molar-refractivity contribution is 0.199. The van der Waals surface area contributed by atoms with Crippen LogP contribution in [0.25, 0.3) is 0 Å². The lowest BCUT2D eigenvalue weighted by Crippen LogP contribution is -2.41. The van der Waals surface area contributed by atoms with Gasteiger partial charge in [0, 0.05) is 13.6 Å². The van der Waals surface area contributed by atoms with Crippen molar-refractivity contribution in [2.75, 3.05) is 33.7 Å². The van der Waals surface area contributed by atoms with Gasteiger partial charge in [-0.15, -0.1) is 0 Å². The molecule has 16 heavy (non-hydrogen) atoms. The quantitative estimate of drug-likeness (QED) is 0.568. The predicted molar refractivity (Wildman–Crippen MR) is 67.5 cm³/mol. The summed E-state index contributed by atoms with van der Waals surface area (Å²) >= 11 is 0. The highest BCUT2D eigenvalue weighted by atomic mass is 15.2. The third-order valence-electron chi connectivity index (χ3n) is 3.62. The van der Waals surface area contributed by atoms with Crippen LogP contribution in [0.5, 0.6) is 0 Å². The molecule has 0 amide bonds.